The zero-order valence-corrected chi connectivity index (χ0v) is 17.7. The first-order valence-corrected chi connectivity index (χ1v) is 10.3. The van der Waals surface area contributed by atoms with Crippen LogP contribution in [0.5, 0.6) is 5.75 Å². The van der Waals surface area contributed by atoms with Gasteiger partial charge in [-0.25, -0.2) is 0 Å². The second-order valence-corrected chi connectivity index (χ2v) is 8.38. The summed E-state index contributed by atoms with van der Waals surface area (Å²) in [5, 5.41) is 5.90. The summed E-state index contributed by atoms with van der Waals surface area (Å²) in [6.07, 6.45) is 1.56. The molecule has 0 unspecified atom stereocenters. The van der Waals surface area contributed by atoms with Gasteiger partial charge in [0.15, 0.2) is 0 Å². The van der Waals surface area contributed by atoms with Gasteiger partial charge in [-0.2, -0.15) is 0 Å². The molecule has 2 aromatic rings. The highest BCUT2D eigenvalue weighted by Gasteiger charge is 2.26. The molecule has 0 fully saturated rings. The molecule has 0 spiro atoms. The molecule has 2 N–H and O–H groups in total. The number of anilines is 1. The average Bonchev–Trinajstić information content (AvgIpc) is 2.67. The standard InChI is InChI=1S/C22H25BrN2O3/c1-14(2)9-10-24-21(26)17-11-16-12-19(7-8-20(16)28-13-17)25-22(27)15-3-5-18(23)6-4-15/h3-8,12,14,17H,9-11,13H2,1-2H3,(H,24,26)(H,25,27)/t17-/m0/s1. The van der Waals surface area contributed by atoms with Crippen molar-refractivity contribution >= 4 is 33.4 Å². The van der Waals surface area contributed by atoms with E-state index in [2.05, 4.69) is 40.4 Å². The summed E-state index contributed by atoms with van der Waals surface area (Å²) < 4.78 is 6.69. The Morgan fingerprint density at radius 3 is 2.64 bits per heavy atom. The fourth-order valence-electron chi connectivity index (χ4n) is 3.07. The van der Waals surface area contributed by atoms with E-state index in [4.69, 9.17) is 4.74 Å². The topological polar surface area (TPSA) is 67.4 Å². The van der Waals surface area contributed by atoms with Crippen LogP contribution in [0.15, 0.2) is 46.9 Å². The number of ether oxygens (including phenoxy) is 1. The molecular formula is C22H25BrN2O3. The fourth-order valence-corrected chi connectivity index (χ4v) is 3.34. The maximum absolute atomic E-state index is 12.4. The number of carbonyl (C=O) groups excluding carboxylic acids is 2. The van der Waals surface area contributed by atoms with Crippen LogP contribution in [0.2, 0.25) is 0 Å². The number of amides is 2. The Labute approximate surface area is 174 Å². The third kappa shape index (κ3) is 5.35. The van der Waals surface area contributed by atoms with Crippen LogP contribution in [-0.2, 0) is 11.2 Å². The van der Waals surface area contributed by atoms with Gasteiger partial charge in [0.05, 0.1) is 5.92 Å². The first-order valence-electron chi connectivity index (χ1n) is 9.52. The summed E-state index contributed by atoms with van der Waals surface area (Å²) in [5.41, 5.74) is 2.21. The van der Waals surface area contributed by atoms with E-state index in [-0.39, 0.29) is 17.7 Å². The molecular weight excluding hydrogens is 420 g/mol. The lowest BCUT2D eigenvalue weighted by molar-refractivity contribution is -0.126. The Morgan fingerprint density at radius 2 is 1.93 bits per heavy atom. The maximum Gasteiger partial charge on any atom is 0.255 e. The number of fused-ring (bicyclic) bond motifs is 1. The van der Waals surface area contributed by atoms with Gasteiger partial charge in [-0.3, -0.25) is 9.59 Å². The van der Waals surface area contributed by atoms with Crippen LogP contribution in [-0.4, -0.2) is 25.0 Å². The molecule has 0 aliphatic carbocycles. The number of benzene rings is 2. The van der Waals surface area contributed by atoms with Crippen LogP contribution in [0.3, 0.4) is 0 Å². The van der Waals surface area contributed by atoms with E-state index in [1.807, 2.05) is 30.3 Å². The van der Waals surface area contributed by atoms with Gasteiger partial charge in [0.25, 0.3) is 5.91 Å². The Bertz CT molecular complexity index is 849. The second-order valence-electron chi connectivity index (χ2n) is 7.47. The van der Waals surface area contributed by atoms with Gasteiger partial charge in [0.2, 0.25) is 5.91 Å². The van der Waals surface area contributed by atoms with Crippen LogP contribution in [0.4, 0.5) is 5.69 Å². The van der Waals surface area contributed by atoms with Gasteiger partial charge in [-0.15, -0.1) is 0 Å². The van der Waals surface area contributed by atoms with Crippen molar-refractivity contribution in [2.24, 2.45) is 11.8 Å². The predicted molar refractivity (Wildman–Crippen MR) is 114 cm³/mol. The minimum atomic E-state index is -0.211. The summed E-state index contributed by atoms with van der Waals surface area (Å²) >= 11 is 3.36. The van der Waals surface area contributed by atoms with Gasteiger partial charge >= 0.3 is 0 Å². The molecule has 0 saturated carbocycles. The Morgan fingerprint density at radius 1 is 1.18 bits per heavy atom. The normalized spacial score (nSPS) is 15.5. The van der Waals surface area contributed by atoms with Crippen molar-refractivity contribution in [3.63, 3.8) is 0 Å². The van der Waals surface area contributed by atoms with Crippen molar-refractivity contribution in [1.82, 2.24) is 5.32 Å². The minimum absolute atomic E-state index is 0.0237. The molecule has 1 atom stereocenters. The highest BCUT2D eigenvalue weighted by Crippen LogP contribution is 2.30. The molecule has 3 rings (SSSR count). The van der Waals surface area contributed by atoms with E-state index >= 15 is 0 Å². The quantitative estimate of drug-likeness (QED) is 0.692. The second kappa shape index (κ2) is 9.24. The molecule has 0 bridgehead atoms. The highest BCUT2D eigenvalue weighted by molar-refractivity contribution is 9.10. The van der Waals surface area contributed by atoms with Crippen molar-refractivity contribution in [2.45, 2.75) is 26.7 Å². The lowest BCUT2D eigenvalue weighted by atomic mass is 9.95. The van der Waals surface area contributed by atoms with E-state index < -0.39 is 0 Å². The van der Waals surface area contributed by atoms with Crippen LogP contribution in [0.1, 0.15) is 36.2 Å². The van der Waals surface area contributed by atoms with Gasteiger partial charge < -0.3 is 15.4 Å². The zero-order valence-electron chi connectivity index (χ0n) is 16.1. The van der Waals surface area contributed by atoms with Crippen LogP contribution >= 0.6 is 15.9 Å². The zero-order chi connectivity index (χ0) is 20.1. The Balaban J connectivity index is 1.63. The molecule has 2 amide bonds. The van der Waals surface area contributed by atoms with Crippen molar-refractivity contribution in [1.29, 1.82) is 0 Å². The molecule has 2 aromatic carbocycles. The average molecular weight is 445 g/mol. The summed E-state index contributed by atoms with van der Waals surface area (Å²) in [5.74, 6) is 0.966. The molecule has 0 aromatic heterocycles. The first kappa shape index (κ1) is 20.4. The summed E-state index contributed by atoms with van der Waals surface area (Å²) in [6, 6.07) is 12.7. The van der Waals surface area contributed by atoms with E-state index in [1.165, 1.54) is 0 Å². The van der Waals surface area contributed by atoms with E-state index in [0.717, 1.165) is 22.2 Å². The molecule has 1 heterocycles. The lowest BCUT2D eigenvalue weighted by Gasteiger charge is -2.25. The minimum Gasteiger partial charge on any atom is -0.492 e. The molecule has 148 valence electrons. The molecule has 1 aliphatic heterocycles. The largest absolute Gasteiger partial charge is 0.492 e. The van der Waals surface area contributed by atoms with Crippen LogP contribution in [0.25, 0.3) is 0 Å². The van der Waals surface area contributed by atoms with Gasteiger partial charge in [0.1, 0.15) is 12.4 Å². The number of hydrogen-bond acceptors (Lipinski definition) is 3. The third-order valence-electron chi connectivity index (χ3n) is 4.72. The number of nitrogens with one attached hydrogen (secondary N) is 2. The maximum atomic E-state index is 12.4. The van der Waals surface area contributed by atoms with Crippen LogP contribution in [0, 0.1) is 11.8 Å². The smallest absolute Gasteiger partial charge is 0.255 e. The SMILES string of the molecule is CC(C)CCNC(=O)[C@@H]1COc2ccc(NC(=O)c3ccc(Br)cc3)cc2C1. The number of halogens is 1. The Kier molecular flexibility index (Phi) is 6.73. The van der Waals surface area contributed by atoms with Crippen LogP contribution < -0.4 is 15.4 Å². The molecule has 0 saturated heterocycles. The first-order chi connectivity index (χ1) is 13.4. The lowest BCUT2D eigenvalue weighted by Crippen LogP contribution is -2.38. The summed E-state index contributed by atoms with van der Waals surface area (Å²) in [4.78, 5) is 24.8. The Hall–Kier alpha value is -2.34. The van der Waals surface area contributed by atoms with Gasteiger partial charge in [-0.05, 0) is 66.8 Å². The summed E-state index contributed by atoms with van der Waals surface area (Å²) in [7, 11) is 0. The molecule has 0 radical (unpaired) electrons. The number of rotatable bonds is 6. The number of carbonyl (C=O) groups is 2. The van der Waals surface area contributed by atoms with Crippen molar-refractivity contribution < 1.29 is 14.3 Å². The fraction of sp³-hybridized carbons (Fsp3) is 0.364. The van der Waals surface area contributed by atoms with E-state index in [9.17, 15) is 9.59 Å². The summed E-state index contributed by atoms with van der Waals surface area (Å²) in [6.45, 7) is 5.33. The van der Waals surface area contributed by atoms with Crippen molar-refractivity contribution in [3.05, 3.63) is 58.1 Å². The predicted octanol–water partition coefficient (Wildman–Crippen LogP) is 4.41. The molecule has 5 nitrogen and oxygen atoms in total. The molecule has 1 aliphatic rings. The number of hydrogen-bond donors (Lipinski definition) is 2. The van der Waals surface area contributed by atoms with Gasteiger partial charge in [0, 0.05) is 22.3 Å². The molecule has 28 heavy (non-hydrogen) atoms. The van der Waals surface area contributed by atoms with E-state index in [1.54, 1.807) is 12.1 Å². The monoisotopic (exact) mass is 444 g/mol. The van der Waals surface area contributed by atoms with Crippen molar-refractivity contribution in [3.8, 4) is 5.75 Å². The van der Waals surface area contributed by atoms with Gasteiger partial charge in [-0.1, -0.05) is 29.8 Å². The molecule has 6 heteroatoms. The van der Waals surface area contributed by atoms with Crippen molar-refractivity contribution in [2.75, 3.05) is 18.5 Å². The third-order valence-corrected chi connectivity index (χ3v) is 5.25. The van der Waals surface area contributed by atoms with E-state index in [0.29, 0.717) is 36.7 Å². The highest BCUT2D eigenvalue weighted by atomic mass is 79.9.